The Morgan fingerprint density at radius 1 is 1.38 bits per heavy atom. The van der Waals surface area contributed by atoms with Gasteiger partial charge in [-0.2, -0.15) is 18.4 Å². The zero-order valence-electron chi connectivity index (χ0n) is 15.2. The highest BCUT2D eigenvalue weighted by Crippen LogP contribution is 2.39. The molecule has 0 heterocycles. The lowest BCUT2D eigenvalue weighted by Crippen LogP contribution is -2.48. The van der Waals surface area contributed by atoms with Crippen molar-refractivity contribution in [3.63, 3.8) is 0 Å². The number of alkyl halides is 3. The summed E-state index contributed by atoms with van der Waals surface area (Å²) in [7, 11) is 0. The zero-order chi connectivity index (χ0) is 21.8. The first-order valence-corrected chi connectivity index (χ1v) is 8.43. The van der Waals surface area contributed by atoms with Gasteiger partial charge >= 0.3 is 12.1 Å². The van der Waals surface area contributed by atoms with Crippen molar-refractivity contribution in [3.05, 3.63) is 33.9 Å². The number of nitriles is 1. The second-order valence-corrected chi connectivity index (χ2v) is 6.64. The number of nitro benzene ring substituents is 1. The number of nitro groups is 1. The van der Waals surface area contributed by atoms with Gasteiger partial charge in [0.25, 0.3) is 11.6 Å². The number of nitrogens with zero attached hydrogens (tertiary/aromatic N) is 2. The lowest BCUT2D eigenvalue weighted by atomic mass is 9.98. The molecule has 0 radical (unpaired) electrons. The Bertz CT molecular complexity index is 864. The van der Waals surface area contributed by atoms with E-state index in [9.17, 15) is 32.9 Å². The highest BCUT2D eigenvalue weighted by molar-refractivity contribution is 5.83. The van der Waals surface area contributed by atoms with Crippen molar-refractivity contribution >= 4 is 23.3 Å². The van der Waals surface area contributed by atoms with Gasteiger partial charge in [0.2, 0.25) is 0 Å². The number of hydrogen-bond acceptors (Lipinski definition) is 7. The minimum Gasteiger partial charge on any atom is -0.454 e. The molecule has 0 aliphatic heterocycles. The number of rotatable bonds is 8. The molecule has 1 aromatic rings. The normalized spacial score (nSPS) is 15.6. The number of benzene rings is 1. The molecule has 156 valence electrons. The van der Waals surface area contributed by atoms with Crippen LogP contribution >= 0.6 is 0 Å². The molecule has 0 unspecified atom stereocenters. The van der Waals surface area contributed by atoms with Gasteiger partial charge < -0.3 is 15.4 Å². The maximum absolute atomic E-state index is 12.7. The number of esters is 1. The monoisotopic (exact) mass is 414 g/mol. The van der Waals surface area contributed by atoms with Gasteiger partial charge in [0.1, 0.15) is 17.8 Å². The highest BCUT2D eigenvalue weighted by atomic mass is 19.4. The summed E-state index contributed by atoms with van der Waals surface area (Å²) in [5, 5.41) is 25.0. The van der Waals surface area contributed by atoms with E-state index in [1.807, 2.05) is 6.07 Å². The second kappa shape index (κ2) is 8.34. The van der Waals surface area contributed by atoms with E-state index in [4.69, 9.17) is 10.00 Å². The average molecular weight is 414 g/mol. The van der Waals surface area contributed by atoms with Crippen LogP contribution in [0.5, 0.6) is 0 Å². The van der Waals surface area contributed by atoms with Crippen LogP contribution in [-0.2, 0) is 20.5 Å². The topological polar surface area (TPSA) is 134 Å². The first kappa shape index (κ1) is 21.9. The Kier molecular flexibility index (Phi) is 6.31. The molecule has 0 bridgehead atoms. The predicted octanol–water partition coefficient (Wildman–Crippen LogP) is 2.38. The molecule has 29 heavy (non-hydrogen) atoms. The molecule has 1 fully saturated rings. The Balaban J connectivity index is 1.90. The van der Waals surface area contributed by atoms with Crippen molar-refractivity contribution in [1.29, 1.82) is 5.26 Å². The SMILES string of the molecule is C[C@](C#N)(NC(=O)COC(=O)CNc1ccc(C(F)(F)F)cc1[N+](=O)[O-])C1CC1. The van der Waals surface area contributed by atoms with Crippen molar-refractivity contribution in [2.45, 2.75) is 31.5 Å². The summed E-state index contributed by atoms with van der Waals surface area (Å²) in [4.78, 5) is 33.5. The van der Waals surface area contributed by atoms with Crippen molar-refractivity contribution in [2.24, 2.45) is 5.92 Å². The molecule has 1 saturated carbocycles. The van der Waals surface area contributed by atoms with E-state index in [1.165, 1.54) is 0 Å². The summed E-state index contributed by atoms with van der Waals surface area (Å²) >= 11 is 0. The van der Waals surface area contributed by atoms with Crippen molar-refractivity contribution in [1.82, 2.24) is 5.32 Å². The average Bonchev–Trinajstić information content (AvgIpc) is 3.49. The maximum Gasteiger partial charge on any atom is 0.416 e. The molecule has 1 atom stereocenters. The Hall–Kier alpha value is -3.36. The number of carbonyl (C=O) groups is 2. The lowest BCUT2D eigenvalue weighted by molar-refractivity contribution is -0.384. The number of amides is 1. The number of halogens is 3. The van der Waals surface area contributed by atoms with Crippen LogP contribution in [0.4, 0.5) is 24.5 Å². The van der Waals surface area contributed by atoms with Crippen LogP contribution in [0.2, 0.25) is 0 Å². The Morgan fingerprint density at radius 2 is 2.03 bits per heavy atom. The fourth-order valence-electron chi connectivity index (χ4n) is 2.58. The molecule has 0 spiro atoms. The molecule has 1 aliphatic carbocycles. The lowest BCUT2D eigenvalue weighted by Gasteiger charge is -2.22. The van der Waals surface area contributed by atoms with E-state index in [0.29, 0.717) is 12.1 Å². The van der Waals surface area contributed by atoms with Crippen molar-refractivity contribution < 1.29 is 32.4 Å². The summed E-state index contributed by atoms with van der Waals surface area (Å²) < 4.78 is 42.7. The van der Waals surface area contributed by atoms with Gasteiger partial charge in [-0.1, -0.05) is 0 Å². The molecular formula is C17H17F3N4O5. The molecule has 0 aromatic heterocycles. The largest absolute Gasteiger partial charge is 0.454 e. The first-order valence-electron chi connectivity index (χ1n) is 8.43. The number of hydrogen-bond donors (Lipinski definition) is 2. The molecule has 1 amide bonds. The van der Waals surface area contributed by atoms with Gasteiger partial charge in [-0.05, 0) is 37.8 Å². The van der Waals surface area contributed by atoms with E-state index in [-0.39, 0.29) is 11.6 Å². The van der Waals surface area contributed by atoms with Gasteiger partial charge in [-0.3, -0.25) is 19.7 Å². The quantitative estimate of drug-likeness (QED) is 0.379. The third-order valence-corrected chi connectivity index (χ3v) is 4.33. The number of nitrogens with one attached hydrogen (secondary N) is 2. The molecule has 2 N–H and O–H groups in total. The summed E-state index contributed by atoms with van der Waals surface area (Å²) in [5.41, 5.74) is -3.43. The van der Waals surface area contributed by atoms with Crippen LogP contribution in [0.3, 0.4) is 0 Å². The summed E-state index contributed by atoms with van der Waals surface area (Å²) in [6, 6.07) is 3.82. The molecule has 2 rings (SSSR count). The summed E-state index contributed by atoms with van der Waals surface area (Å²) in [5.74, 6) is -1.61. The number of carbonyl (C=O) groups excluding carboxylic acids is 2. The molecule has 9 nitrogen and oxygen atoms in total. The van der Waals surface area contributed by atoms with Crippen molar-refractivity contribution in [3.8, 4) is 6.07 Å². The molecule has 12 heteroatoms. The second-order valence-electron chi connectivity index (χ2n) is 6.64. The van der Waals surface area contributed by atoms with Crippen LogP contribution in [0, 0.1) is 27.4 Å². The van der Waals surface area contributed by atoms with E-state index >= 15 is 0 Å². The highest BCUT2D eigenvalue weighted by Gasteiger charge is 2.43. The van der Waals surface area contributed by atoms with E-state index in [1.54, 1.807) is 6.92 Å². The van der Waals surface area contributed by atoms with Crippen LogP contribution in [0.25, 0.3) is 0 Å². The van der Waals surface area contributed by atoms with Crippen LogP contribution in [0.1, 0.15) is 25.3 Å². The molecule has 1 aliphatic rings. The fourth-order valence-corrected chi connectivity index (χ4v) is 2.58. The van der Waals surface area contributed by atoms with Gasteiger partial charge in [0, 0.05) is 6.07 Å². The van der Waals surface area contributed by atoms with Gasteiger partial charge in [0.05, 0.1) is 16.6 Å². The number of ether oxygens (including phenoxy) is 1. The molecule has 1 aromatic carbocycles. The number of anilines is 1. The minimum atomic E-state index is -4.76. The van der Waals surface area contributed by atoms with Gasteiger partial charge in [-0.25, -0.2) is 0 Å². The predicted molar refractivity (Wildman–Crippen MR) is 92.4 cm³/mol. The third kappa shape index (κ3) is 5.81. The standard InChI is InChI=1S/C17H17F3N4O5/c1-16(9-21,10-2-3-10)23-14(25)8-29-15(26)7-22-12-5-4-11(17(18,19)20)6-13(12)24(27)28/h4-6,10,22H,2-3,7-8H2,1H3,(H,23,25)/t16-/m1/s1. The van der Waals surface area contributed by atoms with Crippen molar-refractivity contribution in [2.75, 3.05) is 18.5 Å². The third-order valence-electron chi connectivity index (χ3n) is 4.33. The van der Waals surface area contributed by atoms with Crippen LogP contribution in [0.15, 0.2) is 18.2 Å². The first-order chi connectivity index (χ1) is 13.5. The van der Waals surface area contributed by atoms with E-state index < -0.39 is 52.9 Å². The zero-order valence-corrected chi connectivity index (χ0v) is 15.2. The Morgan fingerprint density at radius 3 is 2.55 bits per heavy atom. The summed E-state index contributed by atoms with van der Waals surface area (Å²) in [6.07, 6.45) is -3.14. The maximum atomic E-state index is 12.7. The fraction of sp³-hybridized carbons (Fsp3) is 0.471. The van der Waals surface area contributed by atoms with E-state index in [2.05, 4.69) is 10.6 Å². The van der Waals surface area contributed by atoms with Gasteiger partial charge in [-0.15, -0.1) is 0 Å². The van der Waals surface area contributed by atoms with Crippen LogP contribution < -0.4 is 10.6 Å². The van der Waals surface area contributed by atoms with E-state index in [0.717, 1.165) is 18.9 Å². The molecular weight excluding hydrogens is 397 g/mol. The Labute approximate surface area is 163 Å². The summed E-state index contributed by atoms with van der Waals surface area (Å²) in [6.45, 7) is 0.285. The van der Waals surface area contributed by atoms with Crippen LogP contribution in [-0.4, -0.2) is 35.5 Å². The smallest absolute Gasteiger partial charge is 0.416 e. The minimum absolute atomic E-state index is 0.0361. The molecule has 0 saturated heterocycles. The van der Waals surface area contributed by atoms with Gasteiger partial charge in [0.15, 0.2) is 6.61 Å².